The van der Waals surface area contributed by atoms with Crippen molar-refractivity contribution in [1.29, 1.82) is 0 Å². The lowest BCUT2D eigenvalue weighted by molar-refractivity contribution is 0.395. The van der Waals surface area contributed by atoms with Crippen LogP contribution in [0.2, 0.25) is 0 Å². The lowest BCUT2D eigenvalue weighted by Crippen LogP contribution is -2.14. The Hall–Kier alpha value is -1.88. The third-order valence-corrected chi connectivity index (χ3v) is 3.67. The third-order valence-electron chi connectivity index (χ3n) is 2.80. The van der Waals surface area contributed by atoms with Gasteiger partial charge in [0.25, 0.3) is 0 Å². The summed E-state index contributed by atoms with van der Waals surface area (Å²) in [7, 11) is 0. The Bertz CT molecular complexity index is 668. The normalized spacial score (nSPS) is 11.6. The van der Waals surface area contributed by atoms with Crippen molar-refractivity contribution in [3.63, 3.8) is 0 Å². The molecule has 0 spiro atoms. The number of aromatic nitrogens is 1. The summed E-state index contributed by atoms with van der Waals surface area (Å²) in [5.41, 5.74) is 1.88. The number of rotatable bonds is 3. The van der Waals surface area contributed by atoms with Gasteiger partial charge in [-0.15, -0.1) is 0 Å². The Labute approximate surface area is 115 Å². The van der Waals surface area contributed by atoms with Crippen molar-refractivity contribution in [3.8, 4) is 5.88 Å². The van der Waals surface area contributed by atoms with E-state index in [4.69, 9.17) is 0 Å². The minimum atomic E-state index is -0.168. The number of para-hydroxylation sites is 1. The predicted octanol–water partition coefficient (Wildman–Crippen LogP) is 3.26. The fourth-order valence-electron chi connectivity index (χ4n) is 1.77. The van der Waals surface area contributed by atoms with Gasteiger partial charge in [0.1, 0.15) is 4.88 Å². The molecule has 0 unspecified atom stereocenters. The largest absolute Gasteiger partial charge is 0.493 e. The van der Waals surface area contributed by atoms with Crippen LogP contribution in [0.3, 0.4) is 0 Å². The molecule has 2 rings (SSSR count). The standard InChI is InChI=1S/C14H16N2O2S/c1-9(2)16-13(17)12(19-14(16)18)8-15-11-7-5-4-6-10(11)3/h4-9,17H,1-3H3. The van der Waals surface area contributed by atoms with Crippen LogP contribution in [0.25, 0.3) is 0 Å². The number of nitrogens with zero attached hydrogens (tertiary/aromatic N) is 2. The maximum atomic E-state index is 11.7. The van der Waals surface area contributed by atoms with Crippen LogP contribution in [-0.2, 0) is 0 Å². The van der Waals surface area contributed by atoms with E-state index in [0.29, 0.717) is 4.88 Å². The van der Waals surface area contributed by atoms with Crippen LogP contribution in [0, 0.1) is 6.92 Å². The van der Waals surface area contributed by atoms with Crippen molar-refractivity contribution >= 4 is 23.2 Å². The van der Waals surface area contributed by atoms with Crippen molar-refractivity contribution in [3.05, 3.63) is 44.4 Å². The number of aliphatic imine (C=N–C) groups is 1. The number of hydrogen-bond acceptors (Lipinski definition) is 4. The van der Waals surface area contributed by atoms with Gasteiger partial charge in [0.15, 0.2) is 0 Å². The second kappa shape index (κ2) is 5.40. The molecule has 0 aliphatic heterocycles. The number of benzene rings is 1. The van der Waals surface area contributed by atoms with Gasteiger partial charge in [0.05, 0.1) is 11.9 Å². The van der Waals surface area contributed by atoms with E-state index in [-0.39, 0.29) is 16.8 Å². The van der Waals surface area contributed by atoms with Crippen molar-refractivity contribution < 1.29 is 5.11 Å². The van der Waals surface area contributed by atoms with E-state index in [1.165, 1.54) is 4.57 Å². The summed E-state index contributed by atoms with van der Waals surface area (Å²) in [6.45, 7) is 5.68. The van der Waals surface area contributed by atoms with E-state index in [1.54, 1.807) is 6.21 Å². The molecule has 0 aliphatic carbocycles. The molecule has 0 atom stereocenters. The number of thiazole rings is 1. The smallest absolute Gasteiger partial charge is 0.310 e. The van der Waals surface area contributed by atoms with E-state index in [2.05, 4.69) is 4.99 Å². The average Bonchev–Trinajstić information content (AvgIpc) is 2.63. The Morgan fingerprint density at radius 1 is 1.37 bits per heavy atom. The molecule has 1 aromatic heterocycles. The second-order valence-corrected chi connectivity index (χ2v) is 5.56. The Morgan fingerprint density at radius 3 is 2.63 bits per heavy atom. The van der Waals surface area contributed by atoms with Gasteiger partial charge in [-0.05, 0) is 32.4 Å². The molecule has 0 bridgehead atoms. The molecule has 0 amide bonds. The third kappa shape index (κ3) is 2.76. The molecule has 0 saturated heterocycles. The van der Waals surface area contributed by atoms with Gasteiger partial charge in [0, 0.05) is 6.04 Å². The van der Waals surface area contributed by atoms with Crippen LogP contribution in [-0.4, -0.2) is 15.9 Å². The van der Waals surface area contributed by atoms with Gasteiger partial charge in [-0.2, -0.15) is 0 Å². The predicted molar refractivity (Wildman–Crippen MR) is 79.1 cm³/mol. The lowest BCUT2D eigenvalue weighted by atomic mass is 10.2. The molecule has 0 saturated carbocycles. The second-order valence-electron chi connectivity index (χ2n) is 4.56. The highest BCUT2D eigenvalue weighted by Crippen LogP contribution is 2.23. The highest BCUT2D eigenvalue weighted by Gasteiger charge is 2.14. The van der Waals surface area contributed by atoms with Crippen molar-refractivity contribution in [2.45, 2.75) is 26.8 Å². The zero-order chi connectivity index (χ0) is 14.0. The minimum Gasteiger partial charge on any atom is -0.493 e. The molecule has 1 N–H and O–H groups in total. The van der Waals surface area contributed by atoms with Crippen molar-refractivity contribution in [2.75, 3.05) is 0 Å². The average molecular weight is 276 g/mol. The van der Waals surface area contributed by atoms with Crippen LogP contribution >= 0.6 is 11.3 Å². The summed E-state index contributed by atoms with van der Waals surface area (Å²) in [6, 6.07) is 7.64. The summed E-state index contributed by atoms with van der Waals surface area (Å²) in [4.78, 5) is 16.4. The summed E-state index contributed by atoms with van der Waals surface area (Å²) < 4.78 is 1.36. The van der Waals surface area contributed by atoms with Crippen LogP contribution in [0.1, 0.15) is 30.3 Å². The van der Waals surface area contributed by atoms with Crippen LogP contribution in [0.15, 0.2) is 34.1 Å². The van der Waals surface area contributed by atoms with Gasteiger partial charge in [-0.1, -0.05) is 29.5 Å². The lowest BCUT2D eigenvalue weighted by Gasteiger charge is -2.06. The highest BCUT2D eigenvalue weighted by atomic mass is 32.1. The fraction of sp³-hybridized carbons (Fsp3) is 0.286. The van der Waals surface area contributed by atoms with Crippen LogP contribution in [0.4, 0.5) is 5.69 Å². The van der Waals surface area contributed by atoms with E-state index >= 15 is 0 Å². The first kappa shape index (κ1) is 13.5. The van der Waals surface area contributed by atoms with Crippen molar-refractivity contribution in [1.82, 2.24) is 4.57 Å². The molecule has 1 heterocycles. The van der Waals surface area contributed by atoms with E-state index in [0.717, 1.165) is 22.6 Å². The summed E-state index contributed by atoms with van der Waals surface area (Å²) in [5, 5.41) is 10.0. The summed E-state index contributed by atoms with van der Waals surface area (Å²) in [5.74, 6) is -0.0117. The molecular formula is C14H16N2O2S. The maximum absolute atomic E-state index is 11.7. The number of aromatic hydroxyl groups is 1. The molecule has 0 radical (unpaired) electrons. The summed E-state index contributed by atoms with van der Waals surface area (Å²) >= 11 is 1.00. The van der Waals surface area contributed by atoms with E-state index in [9.17, 15) is 9.90 Å². The Kier molecular flexibility index (Phi) is 3.85. The number of aryl methyl sites for hydroxylation is 1. The van der Waals surface area contributed by atoms with Gasteiger partial charge in [0.2, 0.25) is 5.88 Å². The van der Waals surface area contributed by atoms with Crippen LogP contribution < -0.4 is 4.87 Å². The molecule has 0 aliphatic rings. The molecular weight excluding hydrogens is 260 g/mol. The molecule has 4 nitrogen and oxygen atoms in total. The monoisotopic (exact) mass is 276 g/mol. The van der Waals surface area contributed by atoms with E-state index < -0.39 is 0 Å². The topological polar surface area (TPSA) is 54.6 Å². The quantitative estimate of drug-likeness (QED) is 0.875. The highest BCUT2D eigenvalue weighted by molar-refractivity contribution is 7.11. The van der Waals surface area contributed by atoms with Gasteiger partial charge < -0.3 is 5.11 Å². The molecule has 100 valence electrons. The SMILES string of the molecule is Cc1ccccc1N=Cc1sc(=O)n(C(C)C)c1O. The van der Waals surface area contributed by atoms with Crippen LogP contribution in [0.5, 0.6) is 5.88 Å². The molecule has 19 heavy (non-hydrogen) atoms. The maximum Gasteiger partial charge on any atom is 0.310 e. The van der Waals surface area contributed by atoms with Gasteiger partial charge in [-0.25, -0.2) is 0 Å². The van der Waals surface area contributed by atoms with Gasteiger partial charge in [-0.3, -0.25) is 14.4 Å². The molecule has 1 aromatic carbocycles. The first-order valence-electron chi connectivity index (χ1n) is 6.04. The number of hydrogen-bond donors (Lipinski definition) is 1. The van der Waals surface area contributed by atoms with Gasteiger partial charge >= 0.3 is 4.87 Å². The van der Waals surface area contributed by atoms with Crippen molar-refractivity contribution in [2.24, 2.45) is 4.99 Å². The zero-order valence-corrected chi connectivity index (χ0v) is 11.9. The Balaban J connectivity index is 2.38. The molecule has 2 aromatic rings. The fourth-order valence-corrected chi connectivity index (χ4v) is 2.65. The molecule has 5 heteroatoms. The van der Waals surface area contributed by atoms with E-state index in [1.807, 2.05) is 45.0 Å². The Morgan fingerprint density at radius 2 is 2.05 bits per heavy atom. The zero-order valence-electron chi connectivity index (χ0n) is 11.1. The minimum absolute atomic E-state index is 0.0117. The first-order valence-corrected chi connectivity index (χ1v) is 6.86. The molecule has 0 fully saturated rings. The summed E-state index contributed by atoms with van der Waals surface area (Å²) in [6.07, 6.45) is 1.54. The first-order chi connectivity index (χ1) is 9.00.